The molecular weight excluding hydrogens is 368 g/mol. The largest absolute Gasteiger partial charge is 0.338 e. The first-order valence-electron chi connectivity index (χ1n) is 8.29. The molecule has 0 radical (unpaired) electrons. The van der Waals surface area contributed by atoms with E-state index >= 15 is 0 Å². The molecule has 6 heteroatoms. The number of halogens is 1. The SMILES string of the molecule is Cc1ccc(CN2CCN(C(=O)C(C)n3cc(Br)cn3)CC2)cc1. The Balaban J connectivity index is 1.52. The Hall–Kier alpha value is -1.66. The zero-order chi connectivity index (χ0) is 17.1. The second kappa shape index (κ2) is 7.49. The lowest BCUT2D eigenvalue weighted by molar-refractivity contribution is -0.136. The van der Waals surface area contributed by atoms with Crippen LogP contribution in [0, 0.1) is 6.92 Å². The molecule has 1 saturated heterocycles. The molecule has 0 N–H and O–H groups in total. The van der Waals surface area contributed by atoms with E-state index in [-0.39, 0.29) is 11.9 Å². The van der Waals surface area contributed by atoms with Crippen molar-refractivity contribution in [3.05, 3.63) is 52.3 Å². The van der Waals surface area contributed by atoms with Gasteiger partial charge in [0.05, 0.1) is 10.7 Å². The molecule has 1 aliphatic heterocycles. The first-order valence-corrected chi connectivity index (χ1v) is 9.08. The maximum Gasteiger partial charge on any atom is 0.247 e. The summed E-state index contributed by atoms with van der Waals surface area (Å²) in [7, 11) is 0. The molecule has 0 bridgehead atoms. The second-order valence-electron chi connectivity index (χ2n) is 6.40. The summed E-state index contributed by atoms with van der Waals surface area (Å²) in [6.45, 7) is 8.33. The summed E-state index contributed by atoms with van der Waals surface area (Å²) in [5.74, 6) is 0.139. The van der Waals surface area contributed by atoms with Gasteiger partial charge < -0.3 is 4.90 Å². The predicted molar refractivity (Wildman–Crippen MR) is 97.7 cm³/mol. The molecule has 1 fully saturated rings. The summed E-state index contributed by atoms with van der Waals surface area (Å²) in [6.07, 6.45) is 3.56. The normalized spacial score (nSPS) is 17.0. The molecule has 2 aromatic rings. The molecule has 24 heavy (non-hydrogen) atoms. The molecule has 1 atom stereocenters. The fourth-order valence-corrected chi connectivity index (χ4v) is 3.28. The average molecular weight is 391 g/mol. The van der Waals surface area contributed by atoms with Gasteiger partial charge in [-0.2, -0.15) is 5.10 Å². The Morgan fingerprint density at radius 2 is 1.88 bits per heavy atom. The molecule has 1 amide bonds. The molecular formula is C18H23BrN4O. The summed E-state index contributed by atoms with van der Waals surface area (Å²) >= 11 is 3.37. The molecule has 5 nitrogen and oxygen atoms in total. The zero-order valence-corrected chi connectivity index (χ0v) is 15.7. The maximum absolute atomic E-state index is 12.6. The third-order valence-electron chi connectivity index (χ3n) is 4.53. The molecule has 1 unspecified atom stereocenters. The average Bonchev–Trinajstić information content (AvgIpc) is 3.03. The summed E-state index contributed by atoms with van der Waals surface area (Å²) in [4.78, 5) is 17.0. The Morgan fingerprint density at radius 3 is 2.46 bits per heavy atom. The molecule has 1 aromatic heterocycles. The van der Waals surface area contributed by atoms with Crippen LogP contribution in [0.5, 0.6) is 0 Å². The zero-order valence-electron chi connectivity index (χ0n) is 14.2. The Morgan fingerprint density at radius 1 is 1.21 bits per heavy atom. The van der Waals surface area contributed by atoms with Gasteiger partial charge in [0.2, 0.25) is 5.91 Å². The van der Waals surface area contributed by atoms with Crippen LogP contribution >= 0.6 is 15.9 Å². The van der Waals surface area contributed by atoms with Gasteiger partial charge in [-0.05, 0) is 35.3 Å². The van der Waals surface area contributed by atoms with Crippen LogP contribution < -0.4 is 0 Å². The molecule has 1 aromatic carbocycles. The fourth-order valence-electron chi connectivity index (χ4n) is 2.98. The van der Waals surface area contributed by atoms with Crippen LogP contribution in [-0.4, -0.2) is 51.7 Å². The van der Waals surface area contributed by atoms with Crippen molar-refractivity contribution in [3.8, 4) is 0 Å². The van der Waals surface area contributed by atoms with Crippen molar-refractivity contribution in [2.75, 3.05) is 26.2 Å². The first-order chi connectivity index (χ1) is 11.5. The standard InChI is InChI=1S/C18H23BrN4O/c1-14-3-5-16(6-4-14)12-21-7-9-22(10-8-21)18(24)15(2)23-13-17(19)11-20-23/h3-6,11,13,15H,7-10,12H2,1-2H3. The van der Waals surface area contributed by atoms with Gasteiger partial charge in [-0.15, -0.1) is 0 Å². The highest BCUT2D eigenvalue weighted by atomic mass is 79.9. The molecule has 0 saturated carbocycles. The van der Waals surface area contributed by atoms with Crippen molar-refractivity contribution >= 4 is 21.8 Å². The molecule has 1 aliphatic rings. The van der Waals surface area contributed by atoms with E-state index in [0.717, 1.165) is 37.2 Å². The van der Waals surface area contributed by atoms with Crippen molar-refractivity contribution in [2.24, 2.45) is 0 Å². The highest BCUT2D eigenvalue weighted by Gasteiger charge is 2.26. The Labute approximate surface area is 151 Å². The Bertz CT molecular complexity index is 689. The van der Waals surface area contributed by atoms with Crippen LogP contribution in [-0.2, 0) is 11.3 Å². The van der Waals surface area contributed by atoms with Crippen LogP contribution in [0.4, 0.5) is 0 Å². The number of hydrogen-bond donors (Lipinski definition) is 0. The van der Waals surface area contributed by atoms with Crippen LogP contribution in [0.3, 0.4) is 0 Å². The van der Waals surface area contributed by atoms with E-state index in [1.807, 2.05) is 18.0 Å². The summed E-state index contributed by atoms with van der Waals surface area (Å²) in [5, 5.41) is 4.22. The summed E-state index contributed by atoms with van der Waals surface area (Å²) < 4.78 is 2.61. The van der Waals surface area contributed by atoms with Crippen LogP contribution in [0.1, 0.15) is 24.1 Å². The minimum Gasteiger partial charge on any atom is -0.338 e. The third kappa shape index (κ3) is 4.05. The van der Waals surface area contributed by atoms with Crippen molar-refractivity contribution in [2.45, 2.75) is 26.4 Å². The van der Waals surface area contributed by atoms with Gasteiger partial charge in [-0.3, -0.25) is 14.4 Å². The summed E-state index contributed by atoms with van der Waals surface area (Å²) in [5.41, 5.74) is 2.61. The number of aromatic nitrogens is 2. The number of benzene rings is 1. The van der Waals surface area contributed by atoms with Gasteiger partial charge in [0.1, 0.15) is 6.04 Å². The van der Waals surface area contributed by atoms with E-state index in [2.05, 4.69) is 57.1 Å². The quantitative estimate of drug-likeness (QED) is 0.805. The number of carbonyl (C=O) groups is 1. The van der Waals surface area contributed by atoms with Crippen LogP contribution in [0.2, 0.25) is 0 Å². The Kier molecular flexibility index (Phi) is 5.36. The van der Waals surface area contributed by atoms with Gasteiger partial charge in [0, 0.05) is 38.9 Å². The number of aryl methyl sites for hydroxylation is 1. The molecule has 3 rings (SSSR count). The van der Waals surface area contributed by atoms with Crippen molar-refractivity contribution in [1.29, 1.82) is 0 Å². The van der Waals surface area contributed by atoms with Gasteiger partial charge in [-0.1, -0.05) is 29.8 Å². The smallest absolute Gasteiger partial charge is 0.247 e. The number of amides is 1. The minimum absolute atomic E-state index is 0.139. The maximum atomic E-state index is 12.6. The van der Waals surface area contributed by atoms with Crippen LogP contribution in [0.15, 0.2) is 41.1 Å². The van der Waals surface area contributed by atoms with E-state index < -0.39 is 0 Å². The van der Waals surface area contributed by atoms with Gasteiger partial charge >= 0.3 is 0 Å². The monoisotopic (exact) mass is 390 g/mol. The van der Waals surface area contributed by atoms with Gasteiger partial charge in [-0.25, -0.2) is 0 Å². The molecule has 128 valence electrons. The molecule has 0 spiro atoms. The highest BCUT2D eigenvalue weighted by molar-refractivity contribution is 9.10. The third-order valence-corrected chi connectivity index (χ3v) is 4.94. The van der Waals surface area contributed by atoms with E-state index in [1.165, 1.54) is 11.1 Å². The topological polar surface area (TPSA) is 41.4 Å². The van der Waals surface area contributed by atoms with E-state index in [9.17, 15) is 4.79 Å². The summed E-state index contributed by atoms with van der Waals surface area (Å²) in [6, 6.07) is 8.41. The van der Waals surface area contributed by atoms with Gasteiger partial charge in [0.25, 0.3) is 0 Å². The molecule has 2 heterocycles. The number of piperazine rings is 1. The van der Waals surface area contributed by atoms with Crippen molar-refractivity contribution in [3.63, 3.8) is 0 Å². The fraction of sp³-hybridized carbons (Fsp3) is 0.444. The number of rotatable bonds is 4. The van der Waals surface area contributed by atoms with Crippen molar-refractivity contribution < 1.29 is 4.79 Å². The number of carbonyl (C=O) groups excluding carboxylic acids is 1. The van der Waals surface area contributed by atoms with E-state index in [0.29, 0.717) is 0 Å². The van der Waals surface area contributed by atoms with E-state index in [1.54, 1.807) is 10.9 Å². The lowest BCUT2D eigenvalue weighted by atomic mass is 10.1. The number of nitrogens with zero attached hydrogens (tertiary/aromatic N) is 4. The van der Waals surface area contributed by atoms with Gasteiger partial charge in [0.15, 0.2) is 0 Å². The van der Waals surface area contributed by atoms with Crippen LogP contribution in [0.25, 0.3) is 0 Å². The highest BCUT2D eigenvalue weighted by Crippen LogP contribution is 2.16. The number of hydrogen-bond acceptors (Lipinski definition) is 3. The van der Waals surface area contributed by atoms with Crippen molar-refractivity contribution in [1.82, 2.24) is 19.6 Å². The predicted octanol–water partition coefficient (Wildman–Crippen LogP) is 2.86. The van der Waals surface area contributed by atoms with E-state index in [4.69, 9.17) is 0 Å². The molecule has 0 aliphatic carbocycles. The second-order valence-corrected chi connectivity index (χ2v) is 7.32. The minimum atomic E-state index is -0.264. The lowest BCUT2D eigenvalue weighted by Crippen LogP contribution is -2.49. The lowest BCUT2D eigenvalue weighted by Gasteiger charge is -2.36. The first kappa shape index (κ1) is 17.2.